The third-order valence-corrected chi connectivity index (χ3v) is 10.8. The van der Waals surface area contributed by atoms with Crippen LogP contribution in [0.15, 0.2) is 206 Å². The zero-order chi connectivity index (χ0) is 38.8. The first-order valence-corrected chi connectivity index (χ1v) is 19.3. The summed E-state index contributed by atoms with van der Waals surface area (Å²) in [6.45, 7) is 0. The highest BCUT2D eigenvalue weighted by Crippen LogP contribution is 2.41. The van der Waals surface area contributed by atoms with Crippen molar-refractivity contribution in [2.75, 3.05) is 0 Å². The quantitative estimate of drug-likeness (QED) is 0.163. The van der Waals surface area contributed by atoms with Crippen LogP contribution in [0.3, 0.4) is 0 Å². The van der Waals surface area contributed by atoms with Gasteiger partial charge in [-0.25, -0.2) is 15.0 Å². The molecule has 0 N–H and O–H groups in total. The van der Waals surface area contributed by atoms with Crippen molar-refractivity contribution in [1.82, 2.24) is 15.0 Å². The fourth-order valence-corrected chi connectivity index (χ4v) is 7.75. The number of hydrogen-bond donors (Lipinski definition) is 0. The van der Waals surface area contributed by atoms with Crippen LogP contribution < -0.4 is 0 Å². The molecule has 1 heterocycles. The maximum absolute atomic E-state index is 9.54. The van der Waals surface area contributed by atoms with Gasteiger partial charge in [-0.05, 0) is 103 Å². The summed E-state index contributed by atoms with van der Waals surface area (Å²) in [6, 6.07) is 73.7. The average molecular weight is 739 g/mol. The van der Waals surface area contributed by atoms with E-state index in [1.165, 1.54) is 27.5 Å². The molecule has 0 aliphatic rings. The molecule has 0 aliphatic carbocycles. The molecule has 0 saturated heterocycles. The van der Waals surface area contributed by atoms with Gasteiger partial charge >= 0.3 is 0 Å². The highest BCUT2D eigenvalue weighted by Gasteiger charge is 2.19. The van der Waals surface area contributed by atoms with Gasteiger partial charge in [-0.3, -0.25) is 0 Å². The van der Waals surface area contributed by atoms with Crippen LogP contribution in [0, 0.1) is 11.3 Å². The summed E-state index contributed by atoms with van der Waals surface area (Å²) in [4.78, 5) is 15.5. The van der Waals surface area contributed by atoms with Gasteiger partial charge in [0.2, 0.25) is 0 Å². The second-order valence-electron chi connectivity index (χ2n) is 14.4. The van der Waals surface area contributed by atoms with E-state index < -0.39 is 0 Å². The Morgan fingerprint density at radius 3 is 1.41 bits per heavy atom. The first-order chi connectivity index (χ1) is 28.7. The predicted molar refractivity (Wildman–Crippen MR) is 238 cm³/mol. The molecular formula is C54H34N4. The first kappa shape index (κ1) is 34.5. The molecule has 10 rings (SSSR count). The van der Waals surface area contributed by atoms with Crippen molar-refractivity contribution in [3.05, 3.63) is 212 Å². The lowest BCUT2D eigenvalue weighted by atomic mass is 9.89. The molecule has 0 unspecified atom stereocenters. The molecule has 0 fully saturated rings. The molecule has 0 atom stereocenters. The van der Waals surface area contributed by atoms with E-state index in [0.29, 0.717) is 23.0 Å². The fraction of sp³-hybridized carbons (Fsp3) is 0. The SMILES string of the molecule is N#Cc1ccc(-c2nc(-c3ccc4cc(-c5ccc6ccccc6c5)ccc4c3)nc(-c3cccc(-c4ccccc4)c3-c3ccc(-c4ccccc4)cc3)n2)cc1. The summed E-state index contributed by atoms with van der Waals surface area (Å²) in [5, 5.41) is 14.2. The number of fused-ring (bicyclic) bond motifs is 2. The topological polar surface area (TPSA) is 62.5 Å². The monoisotopic (exact) mass is 738 g/mol. The van der Waals surface area contributed by atoms with Gasteiger partial charge in [0.1, 0.15) is 0 Å². The number of benzene rings is 9. The fourth-order valence-electron chi connectivity index (χ4n) is 7.75. The van der Waals surface area contributed by atoms with Crippen molar-refractivity contribution in [2.45, 2.75) is 0 Å². The minimum Gasteiger partial charge on any atom is -0.208 e. The Morgan fingerprint density at radius 2 is 0.741 bits per heavy atom. The van der Waals surface area contributed by atoms with Crippen LogP contribution in [0.2, 0.25) is 0 Å². The zero-order valence-electron chi connectivity index (χ0n) is 31.4. The van der Waals surface area contributed by atoms with Crippen molar-refractivity contribution in [1.29, 1.82) is 5.26 Å². The highest BCUT2D eigenvalue weighted by molar-refractivity contribution is 5.95. The molecule has 4 heteroatoms. The highest BCUT2D eigenvalue weighted by atomic mass is 15.0. The van der Waals surface area contributed by atoms with Gasteiger partial charge in [0, 0.05) is 22.3 Å². The lowest BCUT2D eigenvalue weighted by molar-refractivity contribution is 1.07. The van der Waals surface area contributed by atoms with Crippen LogP contribution in [-0.2, 0) is 0 Å². The van der Waals surface area contributed by atoms with Crippen LogP contribution in [0.25, 0.3) is 100 Å². The summed E-state index contributed by atoms with van der Waals surface area (Å²) < 4.78 is 0. The zero-order valence-corrected chi connectivity index (χ0v) is 31.4. The first-order valence-electron chi connectivity index (χ1n) is 19.3. The minimum absolute atomic E-state index is 0.534. The van der Waals surface area contributed by atoms with Crippen molar-refractivity contribution >= 4 is 21.5 Å². The molecule has 1 aromatic heterocycles. The summed E-state index contributed by atoms with van der Waals surface area (Å²) >= 11 is 0. The number of nitrogens with zero attached hydrogens (tertiary/aromatic N) is 4. The molecule has 270 valence electrons. The molecule has 10 aromatic rings. The predicted octanol–water partition coefficient (Wildman–Crippen LogP) is 13.7. The van der Waals surface area contributed by atoms with Crippen LogP contribution in [-0.4, -0.2) is 15.0 Å². The largest absolute Gasteiger partial charge is 0.208 e. The lowest BCUT2D eigenvalue weighted by Gasteiger charge is -2.17. The van der Waals surface area contributed by atoms with Gasteiger partial charge in [-0.15, -0.1) is 0 Å². The summed E-state index contributed by atoms with van der Waals surface area (Å²) in [5.74, 6) is 1.67. The Kier molecular flexibility index (Phi) is 8.87. The Labute approximate surface area is 337 Å². The van der Waals surface area contributed by atoms with Crippen LogP contribution in [0.5, 0.6) is 0 Å². The maximum Gasteiger partial charge on any atom is 0.164 e. The van der Waals surface area contributed by atoms with Crippen LogP contribution in [0.4, 0.5) is 0 Å². The summed E-state index contributed by atoms with van der Waals surface area (Å²) in [6.07, 6.45) is 0. The van der Waals surface area contributed by atoms with E-state index in [-0.39, 0.29) is 0 Å². The third kappa shape index (κ3) is 6.68. The van der Waals surface area contributed by atoms with Gasteiger partial charge in [-0.2, -0.15) is 5.26 Å². The number of nitriles is 1. The van der Waals surface area contributed by atoms with E-state index in [1.54, 1.807) is 12.1 Å². The van der Waals surface area contributed by atoms with E-state index in [0.717, 1.165) is 55.3 Å². The molecule has 58 heavy (non-hydrogen) atoms. The van der Waals surface area contributed by atoms with E-state index in [1.807, 2.05) is 24.3 Å². The van der Waals surface area contributed by atoms with Gasteiger partial charge in [0.25, 0.3) is 0 Å². The number of aromatic nitrogens is 3. The third-order valence-electron chi connectivity index (χ3n) is 10.8. The molecule has 0 aliphatic heterocycles. The van der Waals surface area contributed by atoms with Gasteiger partial charge in [0.15, 0.2) is 17.5 Å². The van der Waals surface area contributed by atoms with Gasteiger partial charge < -0.3 is 0 Å². The normalized spacial score (nSPS) is 11.1. The average Bonchev–Trinajstić information content (AvgIpc) is 3.31. The summed E-state index contributed by atoms with van der Waals surface area (Å²) in [7, 11) is 0. The second-order valence-corrected chi connectivity index (χ2v) is 14.4. The van der Waals surface area contributed by atoms with Crippen molar-refractivity contribution < 1.29 is 0 Å². The van der Waals surface area contributed by atoms with Crippen LogP contribution in [0.1, 0.15) is 5.56 Å². The molecular weight excluding hydrogens is 705 g/mol. The second kappa shape index (κ2) is 14.9. The molecule has 0 amide bonds. The molecule has 9 aromatic carbocycles. The molecule has 0 bridgehead atoms. The van der Waals surface area contributed by atoms with Crippen molar-refractivity contribution in [3.63, 3.8) is 0 Å². The molecule has 0 saturated carbocycles. The van der Waals surface area contributed by atoms with Gasteiger partial charge in [0.05, 0.1) is 11.6 Å². The van der Waals surface area contributed by atoms with E-state index in [2.05, 4.69) is 176 Å². The maximum atomic E-state index is 9.54. The molecule has 0 radical (unpaired) electrons. The number of hydrogen-bond acceptors (Lipinski definition) is 4. The minimum atomic E-state index is 0.534. The van der Waals surface area contributed by atoms with Crippen molar-refractivity contribution in [2.24, 2.45) is 0 Å². The lowest BCUT2D eigenvalue weighted by Crippen LogP contribution is -2.02. The standard InChI is InChI=1S/C54H34N4/c55-35-36-18-20-42(21-19-36)52-56-53(48-31-30-46-33-45(28-29-47(46)34-48)44-27-24-38-12-7-8-15-43(38)32-44)58-54(57-52)50-17-9-16-49(40-13-5-2-6-14-40)51(50)41-25-22-39(23-26-41)37-10-3-1-4-11-37/h1-34H. The smallest absolute Gasteiger partial charge is 0.164 e. The van der Waals surface area contributed by atoms with Gasteiger partial charge in [-0.1, -0.05) is 164 Å². The van der Waals surface area contributed by atoms with Crippen molar-refractivity contribution in [3.8, 4) is 84.7 Å². The van der Waals surface area contributed by atoms with E-state index in [4.69, 9.17) is 15.0 Å². The van der Waals surface area contributed by atoms with E-state index >= 15 is 0 Å². The van der Waals surface area contributed by atoms with E-state index in [9.17, 15) is 5.26 Å². The Bertz CT molecular complexity index is 3150. The number of rotatable bonds is 7. The molecule has 0 spiro atoms. The Hall–Kier alpha value is -8.00. The molecule has 4 nitrogen and oxygen atoms in total. The van der Waals surface area contributed by atoms with Crippen LogP contribution >= 0.6 is 0 Å². The Balaban J connectivity index is 1.12. The summed E-state index contributed by atoms with van der Waals surface area (Å²) in [5.41, 5.74) is 12.1. The Morgan fingerprint density at radius 1 is 0.293 bits per heavy atom.